The number of benzene rings is 8. The van der Waals surface area contributed by atoms with Crippen molar-refractivity contribution >= 4 is 117 Å². The van der Waals surface area contributed by atoms with Crippen molar-refractivity contribution in [3.05, 3.63) is 152 Å². The molecule has 0 saturated heterocycles. The summed E-state index contributed by atoms with van der Waals surface area (Å²) in [6, 6.07) is 51.4. The lowest BCUT2D eigenvalue weighted by atomic mass is 9.92. The first-order valence-electron chi connectivity index (χ1n) is 17.1. The van der Waals surface area contributed by atoms with E-state index in [1.807, 2.05) is 17.5 Å². The summed E-state index contributed by atoms with van der Waals surface area (Å²) in [5, 5.41) is 15.3. The van der Waals surface area contributed by atoms with Gasteiger partial charge in [-0.2, -0.15) is 0 Å². The Kier molecular flexibility index (Phi) is 5.53. The highest BCUT2D eigenvalue weighted by molar-refractivity contribution is 7.30. The van der Waals surface area contributed by atoms with Gasteiger partial charge in [0.05, 0.1) is 15.7 Å². The fourth-order valence-corrected chi connectivity index (χ4v) is 11.1. The average molecular weight is 684 g/mol. The molecule has 0 unspecified atom stereocenters. The number of thiophene rings is 2. The van der Waals surface area contributed by atoms with Gasteiger partial charge in [-0.15, -0.1) is 22.7 Å². The SMILES string of the molecule is c1cc(-c2ccc3c4ccccc4c4ccccc4c3c2)cc(-n2c3ccccc3c3c4c5ccccc5sc4c4c5cncnc5sc4c32)c1. The van der Waals surface area contributed by atoms with E-state index >= 15 is 0 Å². The summed E-state index contributed by atoms with van der Waals surface area (Å²) in [6.45, 7) is 0. The largest absolute Gasteiger partial charge is 0.308 e. The van der Waals surface area contributed by atoms with E-state index in [1.165, 1.54) is 95.5 Å². The van der Waals surface area contributed by atoms with Crippen molar-refractivity contribution in [2.45, 2.75) is 0 Å². The number of fused-ring (bicyclic) bond motifs is 18. The maximum atomic E-state index is 4.76. The highest BCUT2D eigenvalue weighted by Gasteiger charge is 2.25. The molecule has 0 aliphatic carbocycles. The van der Waals surface area contributed by atoms with E-state index < -0.39 is 0 Å². The third kappa shape index (κ3) is 3.71. The molecule has 12 rings (SSSR count). The van der Waals surface area contributed by atoms with Crippen LogP contribution >= 0.6 is 22.7 Å². The van der Waals surface area contributed by atoms with Crippen molar-refractivity contribution in [2.24, 2.45) is 0 Å². The number of aromatic nitrogens is 3. The summed E-state index contributed by atoms with van der Waals surface area (Å²) in [5.74, 6) is 0. The van der Waals surface area contributed by atoms with E-state index in [1.54, 1.807) is 17.7 Å². The fourth-order valence-electron chi connectivity index (χ4n) is 8.59. The maximum absolute atomic E-state index is 4.76. The van der Waals surface area contributed by atoms with Crippen molar-refractivity contribution in [1.29, 1.82) is 0 Å². The summed E-state index contributed by atoms with van der Waals surface area (Å²) in [5.41, 5.74) is 5.98. The molecule has 5 heteroatoms. The topological polar surface area (TPSA) is 30.7 Å². The number of hydrogen-bond acceptors (Lipinski definition) is 4. The molecule has 0 aliphatic rings. The average Bonchev–Trinajstić information content (AvgIpc) is 3.88. The normalized spacial score (nSPS) is 12.3. The Balaban J connectivity index is 1.19. The molecule has 0 saturated carbocycles. The van der Waals surface area contributed by atoms with Gasteiger partial charge < -0.3 is 4.57 Å². The molecular formula is C46H25N3S2. The van der Waals surface area contributed by atoms with Gasteiger partial charge in [-0.25, -0.2) is 9.97 Å². The van der Waals surface area contributed by atoms with Crippen LogP contribution in [-0.4, -0.2) is 14.5 Å². The third-order valence-electron chi connectivity index (χ3n) is 10.7. The van der Waals surface area contributed by atoms with Crippen LogP contribution in [0.15, 0.2) is 152 Å². The van der Waals surface area contributed by atoms with Gasteiger partial charge in [0.25, 0.3) is 0 Å². The van der Waals surface area contributed by atoms with Crippen molar-refractivity contribution in [1.82, 2.24) is 14.5 Å². The molecule has 51 heavy (non-hydrogen) atoms. The zero-order chi connectivity index (χ0) is 33.2. The molecule has 0 atom stereocenters. The second-order valence-electron chi connectivity index (χ2n) is 13.3. The zero-order valence-electron chi connectivity index (χ0n) is 27.1. The molecule has 0 radical (unpaired) electrons. The lowest BCUT2D eigenvalue weighted by Crippen LogP contribution is -1.94. The van der Waals surface area contributed by atoms with Gasteiger partial charge in [-0.1, -0.05) is 109 Å². The Bertz CT molecular complexity index is 3400. The number of para-hydroxylation sites is 1. The first-order valence-corrected chi connectivity index (χ1v) is 18.8. The number of nitrogens with zero attached hydrogens (tertiary/aromatic N) is 3. The van der Waals surface area contributed by atoms with Crippen molar-refractivity contribution in [3.8, 4) is 16.8 Å². The Morgan fingerprint density at radius 1 is 0.451 bits per heavy atom. The van der Waals surface area contributed by atoms with Crippen molar-refractivity contribution in [3.63, 3.8) is 0 Å². The summed E-state index contributed by atoms with van der Waals surface area (Å²) in [7, 11) is 0. The van der Waals surface area contributed by atoms with Crippen LogP contribution < -0.4 is 0 Å². The van der Waals surface area contributed by atoms with Crippen LogP contribution in [0.2, 0.25) is 0 Å². The van der Waals surface area contributed by atoms with Crippen molar-refractivity contribution in [2.75, 3.05) is 0 Å². The predicted octanol–water partition coefficient (Wildman–Crippen LogP) is 13.4. The molecule has 0 N–H and O–H groups in total. The first-order chi connectivity index (χ1) is 25.3. The van der Waals surface area contributed by atoms with Gasteiger partial charge in [-0.05, 0) is 73.8 Å². The Morgan fingerprint density at radius 2 is 1.12 bits per heavy atom. The maximum Gasteiger partial charge on any atom is 0.127 e. The standard InChI is InChI=1S/C46H25N3S2/c1-2-14-31-29(12-1)30-13-3-4-15-32(30)36-23-27(20-21-33(31)36)26-10-9-11-28(22-26)49-38-18-7-5-16-34(38)40-41-35-17-6-8-19-39(35)50-44(41)42-37-24-47-25-48-46(37)51-45(42)43(40)49/h1-25H. The first kappa shape index (κ1) is 27.7. The highest BCUT2D eigenvalue weighted by Crippen LogP contribution is 2.51. The Morgan fingerprint density at radius 3 is 1.92 bits per heavy atom. The van der Waals surface area contributed by atoms with Gasteiger partial charge in [0.1, 0.15) is 11.2 Å². The molecule has 3 nitrogen and oxygen atoms in total. The van der Waals surface area contributed by atoms with E-state index in [2.05, 4.69) is 149 Å². The molecule has 4 heterocycles. The summed E-state index contributed by atoms with van der Waals surface area (Å²) < 4.78 is 6.36. The highest BCUT2D eigenvalue weighted by atomic mass is 32.1. The fraction of sp³-hybridized carbons (Fsp3) is 0. The van der Waals surface area contributed by atoms with Gasteiger partial charge >= 0.3 is 0 Å². The molecule has 0 spiro atoms. The van der Waals surface area contributed by atoms with E-state index in [-0.39, 0.29) is 0 Å². The van der Waals surface area contributed by atoms with E-state index in [0.717, 1.165) is 15.9 Å². The van der Waals surface area contributed by atoms with Crippen LogP contribution in [0.4, 0.5) is 0 Å². The number of rotatable bonds is 2. The Labute approximate surface area is 299 Å². The van der Waals surface area contributed by atoms with Gasteiger partial charge in [0.15, 0.2) is 0 Å². The van der Waals surface area contributed by atoms with Gasteiger partial charge in [-0.3, -0.25) is 0 Å². The minimum atomic E-state index is 1.02. The molecule has 4 aromatic heterocycles. The van der Waals surface area contributed by atoms with E-state index in [9.17, 15) is 0 Å². The summed E-state index contributed by atoms with van der Waals surface area (Å²) in [6.07, 6.45) is 3.67. The van der Waals surface area contributed by atoms with Crippen LogP contribution in [-0.2, 0) is 0 Å². The summed E-state index contributed by atoms with van der Waals surface area (Å²) in [4.78, 5) is 10.3. The molecule has 236 valence electrons. The second kappa shape index (κ2) is 10.2. The minimum absolute atomic E-state index is 1.02. The predicted molar refractivity (Wildman–Crippen MR) is 220 cm³/mol. The van der Waals surface area contributed by atoms with Crippen LogP contribution in [0.3, 0.4) is 0 Å². The molecule has 0 aliphatic heterocycles. The second-order valence-corrected chi connectivity index (χ2v) is 15.4. The molecular weight excluding hydrogens is 659 g/mol. The van der Waals surface area contributed by atoms with Gasteiger partial charge in [0, 0.05) is 53.6 Å². The van der Waals surface area contributed by atoms with Crippen molar-refractivity contribution < 1.29 is 0 Å². The van der Waals surface area contributed by atoms with Crippen LogP contribution in [0.5, 0.6) is 0 Å². The smallest absolute Gasteiger partial charge is 0.127 e. The van der Waals surface area contributed by atoms with E-state index in [0.29, 0.717) is 0 Å². The Hall–Kier alpha value is -6.14. The monoisotopic (exact) mass is 683 g/mol. The quantitative estimate of drug-likeness (QED) is 0.170. The zero-order valence-corrected chi connectivity index (χ0v) is 28.7. The number of hydrogen-bond donors (Lipinski definition) is 0. The molecule has 0 fully saturated rings. The van der Waals surface area contributed by atoms with Gasteiger partial charge in [0.2, 0.25) is 0 Å². The van der Waals surface area contributed by atoms with E-state index in [4.69, 9.17) is 4.98 Å². The molecule has 0 bridgehead atoms. The van der Waals surface area contributed by atoms with Crippen LogP contribution in [0.1, 0.15) is 0 Å². The minimum Gasteiger partial charge on any atom is -0.308 e. The van der Waals surface area contributed by atoms with Crippen LogP contribution in [0, 0.1) is 0 Å². The lowest BCUT2D eigenvalue weighted by Gasteiger charge is -2.13. The molecule has 8 aromatic carbocycles. The molecule has 0 amide bonds. The lowest BCUT2D eigenvalue weighted by molar-refractivity contribution is 1.19. The third-order valence-corrected chi connectivity index (χ3v) is 13.0. The van der Waals surface area contributed by atoms with Crippen LogP contribution in [0.25, 0.3) is 111 Å². The summed E-state index contributed by atoms with van der Waals surface area (Å²) >= 11 is 3.66. The molecule has 12 aromatic rings.